The smallest absolute Gasteiger partial charge is 0.118 e. The van der Waals surface area contributed by atoms with Gasteiger partial charge in [-0.25, -0.2) is 0 Å². The van der Waals surface area contributed by atoms with Crippen molar-refractivity contribution < 1.29 is 4.42 Å². The number of nitrogens with zero attached hydrogens (tertiary/aromatic N) is 1. The van der Waals surface area contributed by atoms with Crippen LogP contribution in [0.15, 0.2) is 16.5 Å². The minimum atomic E-state index is 0.487. The summed E-state index contributed by atoms with van der Waals surface area (Å²) in [7, 11) is 4.08. The first-order valence-corrected chi connectivity index (χ1v) is 4.33. The SMILES string of the molecule is CC(C)c1ccc(CN(C)C)o1. The van der Waals surface area contributed by atoms with Crippen molar-refractivity contribution in [1.82, 2.24) is 4.90 Å². The van der Waals surface area contributed by atoms with Crippen molar-refractivity contribution in [2.75, 3.05) is 14.1 Å². The van der Waals surface area contributed by atoms with Gasteiger partial charge in [0.15, 0.2) is 0 Å². The molecule has 0 radical (unpaired) electrons. The van der Waals surface area contributed by atoms with Crippen molar-refractivity contribution in [1.29, 1.82) is 0 Å². The summed E-state index contributed by atoms with van der Waals surface area (Å²) < 4.78 is 5.61. The third-order valence-electron chi connectivity index (χ3n) is 1.72. The van der Waals surface area contributed by atoms with Crippen molar-refractivity contribution in [3.63, 3.8) is 0 Å². The van der Waals surface area contributed by atoms with Crippen LogP contribution >= 0.6 is 0 Å². The zero-order valence-corrected chi connectivity index (χ0v) is 8.29. The highest BCUT2D eigenvalue weighted by Gasteiger charge is 2.05. The molecule has 2 heteroatoms. The second-order valence-corrected chi connectivity index (χ2v) is 3.70. The van der Waals surface area contributed by atoms with E-state index in [9.17, 15) is 0 Å². The lowest BCUT2D eigenvalue weighted by Crippen LogP contribution is -2.09. The summed E-state index contributed by atoms with van der Waals surface area (Å²) in [5, 5.41) is 0. The van der Waals surface area contributed by atoms with E-state index in [1.807, 2.05) is 14.1 Å². The number of hydrogen-bond donors (Lipinski definition) is 0. The molecule has 0 unspecified atom stereocenters. The third kappa shape index (κ3) is 2.38. The molecule has 0 aliphatic carbocycles. The summed E-state index contributed by atoms with van der Waals surface area (Å²) >= 11 is 0. The van der Waals surface area contributed by atoms with E-state index in [4.69, 9.17) is 4.42 Å². The molecule has 0 aliphatic heterocycles. The van der Waals surface area contributed by atoms with Crippen LogP contribution in [-0.2, 0) is 6.54 Å². The van der Waals surface area contributed by atoms with E-state index in [-0.39, 0.29) is 0 Å². The van der Waals surface area contributed by atoms with E-state index < -0.39 is 0 Å². The lowest BCUT2D eigenvalue weighted by molar-refractivity contribution is 0.338. The van der Waals surface area contributed by atoms with Crippen LogP contribution < -0.4 is 0 Å². The lowest BCUT2D eigenvalue weighted by atomic mass is 10.2. The van der Waals surface area contributed by atoms with Gasteiger partial charge in [-0.05, 0) is 26.2 Å². The highest BCUT2D eigenvalue weighted by atomic mass is 16.3. The van der Waals surface area contributed by atoms with E-state index in [2.05, 4.69) is 30.9 Å². The fraction of sp³-hybridized carbons (Fsp3) is 0.600. The summed E-state index contributed by atoms with van der Waals surface area (Å²) in [5.74, 6) is 2.61. The van der Waals surface area contributed by atoms with Gasteiger partial charge in [0.25, 0.3) is 0 Å². The number of furan rings is 1. The second kappa shape index (κ2) is 3.76. The van der Waals surface area contributed by atoms with E-state index in [1.165, 1.54) is 0 Å². The molecule has 1 aromatic heterocycles. The van der Waals surface area contributed by atoms with Crippen LogP contribution in [0.25, 0.3) is 0 Å². The molecule has 0 spiro atoms. The minimum Gasteiger partial charge on any atom is -0.464 e. The Balaban J connectivity index is 2.64. The molecule has 0 aliphatic rings. The molecule has 0 saturated carbocycles. The molecule has 0 bridgehead atoms. The maximum atomic E-state index is 5.61. The molecule has 0 saturated heterocycles. The van der Waals surface area contributed by atoms with Crippen LogP contribution in [-0.4, -0.2) is 19.0 Å². The molecule has 1 heterocycles. The Morgan fingerprint density at radius 1 is 1.33 bits per heavy atom. The van der Waals surface area contributed by atoms with Crippen molar-refractivity contribution in [2.24, 2.45) is 0 Å². The van der Waals surface area contributed by atoms with Crippen molar-refractivity contribution >= 4 is 0 Å². The maximum Gasteiger partial charge on any atom is 0.118 e. The number of rotatable bonds is 3. The zero-order chi connectivity index (χ0) is 9.14. The fourth-order valence-electron chi connectivity index (χ4n) is 1.10. The predicted octanol–water partition coefficient (Wildman–Crippen LogP) is 2.46. The Kier molecular flexibility index (Phi) is 2.93. The average molecular weight is 167 g/mol. The van der Waals surface area contributed by atoms with E-state index in [1.54, 1.807) is 0 Å². The van der Waals surface area contributed by atoms with Gasteiger partial charge in [0.2, 0.25) is 0 Å². The van der Waals surface area contributed by atoms with Gasteiger partial charge in [-0.3, -0.25) is 0 Å². The summed E-state index contributed by atoms with van der Waals surface area (Å²) in [6.07, 6.45) is 0. The molecule has 1 rings (SSSR count). The Morgan fingerprint density at radius 2 is 2.00 bits per heavy atom. The molecule has 0 aromatic carbocycles. The van der Waals surface area contributed by atoms with E-state index >= 15 is 0 Å². The fourth-order valence-corrected chi connectivity index (χ4v) is 1.10. The number of hydrogen-bond acceptors (Lipinski definition) is 2. The Labute approximate surface area is 74.2 Å². The molecule has 12 heavy (non-hydrogen) atoms. The summed E-state index contributed by atoms with van der Waals surface area (Å²) in [4.78, 5) is 2.10. The summed E-state index contributed by atoms with van der Waals surface area (Å²) in [6, 6.07) is 4.11. The first kappa shape index (κ1) is 9.33. The van der Waals surface area contributed by atoms with Gasteiger partial charge in [0.05, 0.1) is 6.54 Å². The molecular formula is C10H17NO. The van der Waals surface area contributed by atoms with Gasteiger partial charge in [0.1, 0.15) is 11.5 Å². The molecule has 1 aromatic rings. The van der Waals surface area contributed by atoms with Crippen molar-refractivity contribution in [2.45, 2.75) is 26.3 Å². The van der Waals surface area contributed by atoms with Gasteiger partial charge in [-0.2, -0.15) is 0 Å². The molecule has 0 amide bonds. The molecule has 2 nitrogen and oxygen atoms in total. The first-order valence-electron chi connectivity index (χ1n) is 4.33. The molecule has 0 N–H and O–H groups in total. The second-order valence-electron chi connectivity index (χ2n) is 3.70. The van der Waals surface area contributed by atoms with Gasteiger partial charge in [-0.1, -0.05) is 13.8 Å². The highest BCUT2D eigenvalue weighted by Crippen LogP contribution is 2.17. The van der Waals surface area contributed by atoms with Gasteiger partial charge in [0, 0.05) is 5.92 Å². The topological polar surface area (TPSA) is 16.4 Å². The van der Waals surface area contributed by atoms with Crippen LogP contribution in [0.5, 0.6) is 0 Å². The van der Waals surface area contributed by atoms with Crippen LogP contribution in [0, 0.1) is 0 Å². The van der Waals surface area contributed by atoms with Gasteiger partial charge < -0.3 is 9.32 Å². The lowest BCUT2D eigenvalue weighted by Gasteiger charge is -2.06. The monoisotopic (exact) mass is 167 g/mol. The average Bonchev–Trinajstić information content (AvgIpc) is 2.34. The predicted molar refractivity (Wildman–Crippen MR) is 50.2 cm³/mol. The zero-order valence-electron chi connectivity index (χ0n) is 8.29. The standard InChI is InChI=1S/C10H17NO/c1-8(2)10-6-5-9(12-10)7-11(3)4/h5-6,8H,7H2,1-4H3. The van der Waals surface area contributed by atoms with E-state index in [0.717, 1.165) is 18.1 Å². The van der Waals surface area contributed by atoms with Crippen LogP contribution in [0.1, 0.15) is 31.3 Å². The Bertz CT molecular complexity index is 238. The largest absolute Gasteiger partial charge is 0.464 e. The molecular weight excluding hydrogens is 150 g/mol. The van der Waals surface area contributed by atoms with Gasteiger partial charge >= 0.3 is 0 Å². The highest BCUT2D eigenvalue weighted by molar-refractivity contribution is 5.09. The normalized spacial score (nSPS) is 11.5. The minimum absolute atomic E-state index is 0.487. The molecule has 0 fully saturated rings. The third-order valence-corrected chi connectivity index (χ3v) is 1.72. The van der Waals surface area contributed by atoms with Crippen molar-refractivity contribution in [3.8, 4) is 0 Å². The molecule has 68 valence electrons. The first-order chi connectivity index (χ1) is 5.59. The van der Waals surface area contributed by atoms with Crippen LogP contribution in [0.2, 0.25) is 0 Å². The summed E-state index contributed by atoms with van der Waals surface area (Å²) in [6.45, 7) is 5.16. The van der Waals surface area contributed by atoms with Crippen LogP contribution in [0.4, 0.5) is 0 Å². The van der Waals surface area contributed by atoms with Gasteiger partial charge in [-0.15, -0.1) is 0 Å². The Morgan fingerprint density at radius 3 is 2.42 bits per heavy atom. The van der Waals surface area contributed by atoms with Crippen molar-refractivity contribution in [3.05, 3.63) is 23.7 Å². The quantitative estimate of drug-likeness (QED) is 0.687. The Hall–Kier alpha value is -0.760. The molecule has 0 atom stereocenters. The van der Waals surface area contributed by atoms with E-state index in [0.29, 0.717) is 5.92 Å². The van der Waals surface area contributed by atoms with Crippen LogP contribution in [0.3, 0.4) is 0 Å². The maximum absolute atomic E-state index is 5.61. The summed E-state index contributed by atoms with van der Waals surface area (Å²) in [5.41, 5.74) is 0.